The third-order valence-corrected chi connectivity index (χ3v) is 4.67. The molecule has 3 aromatic rings. The molecule has 0 aliphatic heterocycles. The van der Waals surface area contributed by atoms with Gasteiger partial charge in [-0.3, -0.25) is 0 Å². The zero-order valence-electron chi connectivity index (χ0n) is 13.7. The first-order chi connectivity index (χ1) is 11.7. The fraction of sp³-hybridized carbons (Fsp3) is 0.375. The first-order valence-corrected chi connectivity index (χ1v) is 9.30. The van der Waals surface area contributed by atoms with Crippen LogP contribution in [-0.4, -0.2) is 37.3 Å². The summed E-state index contributed by atoms with van der Waals surface area (Å²) in [5, 5.41) is 13.2. The van der Waals surface area contributed by atoms with Crippen molar-refractivity contribution in [1.29, 1.82) is 0 Å². The first-order valence-electron chi connectivity index (χ1n) is 7.93. The smallest absolute Gasteiger partial charge is 0.191 e. The molecule has 0 saturated carbocycles. The Balaban J connectivity index is 1.98. The van der Waals surface area contributed by atoms with Crippen LogP contribution in [0.15, 0.2) is 29.4 Å². The van der Waals surface area contributed by atoms with Crippen molar-refractivity contribution in [2.45, 2.75) is 32.0 Å². The van der Waals surface area contributed by atoms with Gasteiger partial charge in [-0.2, -0.15) is 0 Å². The van der Waals surface area contributed by atoms with E-state index in [1.165, 1.54) is 0 Å². The number of hydrogen-bond acceptors (Lipinski definition) is 6. The summed E-state index contributed by atoms with van der Waals surface area (Å²) in [6.45, 7) is 5.54. The molecule has 0 radical (unpaired) electrons. The Kier molecular flexibility index (Phi) is 5.52. The standard InChI is InChI=1S/C16H19ClN6S/c1-3-9-24-16-19-14(18-4-2)13-15(20-16)23(22-21-13)10-11-5-7-12(17)8-6-11/h5-8H,3-4,9-10H2,1-2H3,(H,18,19,20). The minimum atomic E-state index is 0.591. The Morgan fingerprint density at radius 2 is 1.96 bits per heavy atom. The van der Waals surface area contributed by atoms with Crippen molar-refractivity contribution in [3.63, 3.8) is 0 Å². The number of benzene rings is 1. The molecule has 126 valence electrons. The van der Waals surface area contributed by atoms with Gasteiger partial charge in [0.15, 0.2) is 22.1 Å². The second-order valence-electron chi connectivity index (χ2n) is 5.28. The third-order valence-electron chi connectivity index (χ3n) is 3.37. The molecule has 3 rings (SSSR count). The number of nitrogens with one attached hydrogen (secondary N) is 1. The number of thioether (sulfide) groups is 1. The van der Waals surface area contributed by atoms with Gasteiger partial charge in [-0.25, -0.2) is 14.6 Å². The lowest BCUT2D eigenvalue weighted by Crippen LogP contribution is -2.06. The molecular formula is C16H19ClN6S. The second kappa shape index (κ2) is 7.81. The molecule has 0 bridgehead atoms. The van der Waals surface area contributed by atoms with E-state index < -0.39 is 0 Å². The Morgan fingerprint density at radius 3 is 2.67 bits per heavy atom. The average Bonchev–Trinajstić information content (AvgIpc) is 2.98. The van der Waals surface area contributed by atoms with E-state index in [-0.39, 0.29) is 0 Å². The van der Waals surface area contributed by atoms with Crippen molar-refractivity contribution in [2.75, 3.05) is 17.6 Å². The molecule has 1 aromatic carbocycles. The summed E-state index contributed by atoms with van der Waals surface area (Å²) in [5.41, 5.74) is 2.54. The molecule has 0 fully saturated rings. The summed E-state index contributed by atoms with van der Waals surface area (Å²) in [6.07, 6.45) is 1.07. The van der Waals surface area contributed by atoms with Crippen LogP contribution in [0.25, 0.3) is 11.2 Å². The number of anilines is 1. The van der Waals surface area contributed by atoms with E-state index in [0.29, 0.717) is 12.1 Å². The van der Waals surface area contributed by atoms with Crippen molar-refractivity contribution < 1.29 is 0 Å². The minimum Gasteiger partial charge on any atom is -0.368 e. The van der Waals surface area contributed by atoms with E-state index in [9.17, 15) is 0 Å². The van der Waals surface area contributed by atoms with E-state index >= 15 is 0 Å². The molecular weight excluding hydrogens is 344 g/mol. The molecule has 0 atom stereocenters. The highest BCUT2D eigenvalue weighted by Crippen LogP contribution is 2.23. The van der Waals surface area contributed by atoms with E-state index in [1.807, 2.05) is 31.2 Å². The van der Waals surface area contributed by atoms with Gasteiger partial charge in [-0.15, -0.1) is 5.10 Å². The number of rotatable bonds is 7. The van der Waals surface area contributed by atoms with E-state index in [4.69, 9.17) is 11.6 Å². The molecule has 0 unspecified atom stereocenters. The number of halogens is 1. The molecule has 0 saturated heterocycles. The summed E-state index contributed by atoms with van der Waals surface area (Å²) in [6, 6.07) is 7.71. The van der Waals surface area contributed by atoms with Crippen molar-refractivity contribution in [3.8, 4) is 0 Å². The second-order valence-corrected chi connectivity index (χ2v) is 6.78. The molecule has 2 aromatic heterocycles. The number of aromatic nitrogens is 5. The van der Waals surface area contributed by atoms with Crippen LogP contribution in [0.1, 0.15) is 25.8 Å². The Bertz CT molecular complexity index is 817. The molecule has 8 heteroatoms. The highest BCUT2D eigenvalue weighted by molar-refractivity contribution is 7.99. The van der Waals surface area contributed by atoms with Crippen LogP contribution in [0.3, 0.4) is 0 Å². The third kappa shape index (κ3) is 3.79. The van der Waals surface area contributed by atoms with Crippen LogP contribution in [0, 0.1) is 0 Å². The first kappa shape index (κ1) is 17.0. The van der Waals surface area contributed by atoms with E-state index in [1.54, 1.807) is 16.4 Å². The summed E-state index contributed by atoms with van der Waals surface area (Å²) >= 11 is 7.59. The van der Waals surface area contributed by atoms with Gasteiger partial charge in [0.05, 0.1) is 6.54 Å². The number of hydrogen-bond donors (Lipinski definition) is 1. The molecule has 0 aliphatic rings. The van der Waals surface area contributed by atoms with Crippen LogP contribution >= 0.6 is 23.4 Å². The Hall–Kier alpha value is -1.86. The Morgan fingerprint density at radius 1 is 1.17 bits per heavy atom. The zero-order valence-corrected chi connectivity index (χ0v) is 15.2. The average molecular weight is 363 g/mol. The number of fused-ring (bicyclic) bond motifs is 1. The lowest BCUT2D eigenvalue weighted by molar-refractivity contribution is 0.661. The summed E-state index contributed by atoms with van der Waals surface area (Å²) in [4.78, 5) is 9.22. The number of nitrogens with zero attached hydrogens (tertiary/aromatic N) is 5. The normalized spacial score (nSPS) is 11.1. The van der Waals surface area contributed by atoms with Crippen LogP contribution in [-0.2, 0) is 6.54 Å². The molecule has 24 heavy (non-hydrogen) atoms. The largest absolute Gasteiger partial charge is 0.368 e. The molecule has 0 amide bonds. The maximum absolute atomic E-state index is 5.95. The summed E-state index contributed by atoms with van der Waals surface area (Å²) < 4.78 is 1.80. The molecule has 2 heterocycles. The van der Waals surface area contributed by atoms with Crippen LogP contribution in [0.5, 0.6) is 0 Å². The van der Waals surface area contributed by atoms with Gasteiger partial charge in [-0.1, -0.05) is 47.6 Å². The van der Waals surface area contributed by atoms with E-state index in [0.717, 1.165) is 45.9 Å². The highest BCUT2D eigenvalue weighted by Gasteiger charge is 2.14. The van der Waals surface area contributed by atoms with Gasteiger partial charge in [0, 0.05) is 17.3 Å². The highest BCUT2D eigenvalue weighted by atomic mass is 35.5. The molecule has 6 nitrogen and oxygen atoms in total. The van der Waals surface area contributed by atoms with Crippen LogP contribution in [0.4, 0.5) is 5.82 Å². The zero-order chi connectivity index (χ0) is 16.9. The Labute approximate surface area is 150 Å². The van der Waals surface area contributed by atoms with Gasteiger partial charge < -0.3 is 5.32 Å². The predicted octanol–water partition coefficient (Wildman–Crippen LogP) is 3.86. The quantitative estimate of drug-likeness (QED) is 0.508. The van der Waals surface area contributed by atoms with Crippen LogP contribution in [0.2, 0.25) is 5.02 Å². The maximum Gasteiger partial charge on any atom is 0.191 e. The van der Waals surface area contributed by atoms with Gasteiger partial charge >= 0.3 is 0 Å². The van der Waals surface area contributed by atoms with Gasteiger partial charge in [0.25, 0.3) is 0 Å². The maximum atomic E-state index is 5.95. The topological polar surface area (TPSA) is 68.5 Å². The predicted molar refractivity (Wildman–Crippen MR) is 98.9 cm³/mol. The fourth-order valence-electron chi connectivity index (χ4n) is 2.25. The van der Waals surface area contributed by atoms with Crippen molar-refractivity contribution in [3.05, 3.63) is 34.9 Å². The van der Waals surface area contributed by atoms with Gasteiger partial charge in [0.2, 0.25) is 0 Å². The summed E-state index contributed by atoms with van der Waals surface area (Å²) in [7, 11) is 0. The molecule has 0 aliphatic carbocycles. The lowest BCUT2D eigenvalue weighted by atomic mass is 10.2. The van der Waals surface area contributed by atoms with Gasteiger partial charge in [0.1, 0.15) is 0 Å². The van der Waals surface area contributed by atoms with Crippen molar-refractivity contribution in [2.24, 2.45) is 0 Å². The van der Waals surface area contributed by atoms with Crippen molar-refractivity contribution >= 4 is 40.3 Å². The summed E-state index contributed by atoms with van der Waals surface area (Å²) in [5.74, 6) is 1.72. The van der Waals surface area contributed by atoms with Gasteiger partial charge in [-0.05, 0) is 31.0 Å². The molecule has 0 spiro atoms. The van der Waals surface area contributed by atoms with Crippen LogP contribution < -0.4 is 5.32 Å². The fourth-order valence-corrected chi connectivity index (χ4v) is 3.07. The monoisotopic (exact) mass is 362 g/mol. The SMILES string of the molecule is CCCSc1nc(NCC)c2nnn(Cc3ccc(Cl)cc3)c2n1. The van der Waals surface area contributed by atoms with Crippen molar-refractivity contribution in [1.82, 2.24) is 25.0 Å². The minimum absolute atomic E-state index is 0.591. The van der Waals surface area contributed by atoms with E-state index in [2.05, 4.69) is 32.5 Å². The molecule has 1 N–H and O–H groups in total. The lowest BCUT2D eigenvalue weighted by Gasteiger charge is -2.07.